The van der Waals surface area contributed by atoms with Gasteiger partial charge in [0.2, 0.25) is 5.91 Å². The van der Waals surface area contributed by atoms with Crippen molar-refractivity contribution in [3.05, 3.63) is 0 Å². The van der Waals surface area contributed by atoms with Crippen molar-refractivity contribution >= 4 is 23.9 Å². The van der Waals surface area contributed by atoms with E-state index >= 15 is 0 Å². The summed E-state index contributed by atoms with van der Waals surface area (Å²) in [7, 11) is 0. The normalized spacial score (nSPS) is 31.5. The first-order chi connectivity index (χ1) is 17.0. The molecule has 0 aromatic rings. The number of carbonyl (C=O) groups excluding carboxylic acids is 3. The summed E-state index contributed by atoms with van der Waals surface area (Å²) in [5.74, 6) is -1.97. The highest BCUT2D eigenvalue weighted by atomic mass is 16.6. The largest absolute Gasteiger partial charge is 0.546 e. The van der Waals surface area contributed by atoms with E-state index in [0.717, 1.165) is 6.42 Å². The van der Waals surface area contributed by atoms with E-state index in [4.69, 9.17) is 15.2 Å². The van der Waals surface area contributed by atoms with Gasteiger partial charge in [0.25, 0.3) is 0 Å². The molecule has 17 nitrogen and oxygen atoms in total. The molecule has 206 valence electrons. The summed E-state index contributed by atoms with van der Waals surface area (Å²) >= 11 is 0. The number of carboxylic acid groups (broad SMARTS) is 1. The van der Waals surface area contributed by atoms with Crippen LogP contribution < -0.4 is 49.0 Å². The summed E-state index contributed by atoms with van der Waals surface area (Å²) in [5, 5.41) is 50.5. The fourth-order valence-electron chi connectivity index (χ4n) is 4.17. The van der Waals surface area contributed by atoms with Crippen molar-refractivity contribution in [3.8, 4) is 0 Å². The number of aliphatic hydroxyl groups is 3. The van der Waals surface area contributed by atoms with Crippen LogP contribution in [0, 0.1) is 0 Å². The van der Waals surface area contributed by atoms with E-state index < -0.39 is 73.3 Å². The Hall–Kier alpha value is -2.80. The molecule has 18 N–H and O–H groups in total. The molecule has 36 heavy (non-hydrogen) atoms. The molecule has 2 aliphatic heterocycles. The second-order valence-corrected chi connectivity index (χ2v) is 8.82. The van der Waals surface area contributed by atoms with E-state index in [1.807, 2.05) is 0 Å². The number of rotatable bonds is 12. The molecular weight excluding hydrogens is 484 g/mol. The van der Waals surface area contributed by atoms with Gasteiger partial charge in [0.1, 0.15) is 36.9 Å². The van der Waals surface area contributed by atoms with E-state index in [1.165, 1.54) is 0 Å². The van der Waals surface area contributed by atoms with Crippen LogP contribution in [-0.2, 0) is 19.1 Å². The van der Waals surface area contributed by atoms with Crippen LogP contribution in [0.5, 0.6) is 0 Å². The highest BCUT2D eigenvalue weighted by molar-refractivity contribution is 5.81. The Morgan fingerprint density at radius 3 is 2.58 bits per heavy atom. The molecule has 9 atom stereocenters. The molecule has 2 aliphatic rings. The number of nitrogens with two attached hydrogens (primary N) is 1. The third-order valence-electron chi connectivity index (χ3n) is 6.04. The first-order valence-electron chi connectivity index (χ1n) is 11.7. The van der Waals surface area contributed by atoms with Crippen molar-refractivity contribution in [2.24, 2.45) is 5.73 Å². The first-order valence-corrected chi connectivity index (χ1v) is 11.7. The first kappa shape index (κ1) is 29.4. The monoisotopic (exact) mass is 523 g/mol. The Morgan fingerprint density at radius 1 is 1.33 bits per heavy atom. The van der Waals surface area contributed by atoms with Gasteiger partial charge in [-0.1, -0.05) is 0 Å². The average Bonchev–Trinajstić information content (AvgIpc) is 3.25. The zero-order chi connectivity index (χ0) is 27.0. The van der Waals surface area contributed by atoms with Gasteiger partial charge in [0.15, 0.2) is 18.4 Å². The third-order valence-corrected chi connectivity index (χ3v) is 6.04. The SMILES string of the molecule is NC(=O)O[C@@H]1[C@@H](O)[C@@H](NC(=O)CC([NH3+])CCC[NH3+])[C@H](NC2=[NH+]C(C(=O)[O-])C(C(O)C[NH3+])N2)O[C@@H]1CO. The van der Waals surface area contributed by atoms with Crippen LogP contribution >= 0.6 is 0 Å². The maximum absolute atomic E-state index is 12.7. The second-order valence-electron chi connectivity index (χ2n) is 8.82. The molecule has 0 aromatic heterocycles. The van der Waals surface area contributed by atoms with Crippen molar-refractivity contribution in [1.29, 1.82) is 0 Å². The second kappa shape index (κ2) is 13.5. The summed E-state index contributed by atoms with van der Waals surface area (Å²) in [6.07, 6.45) is -6.37. The predicted octanol–water partition coefficient (Wildman–Crippen LogP) is -11.2. The Morgan fingerprint density at radius 2 is 2.03 bits per heavy atom. The zero-order valence-corrected chi connectivity index (χ0v) is 19.9. The van der Waals surface area contributed by atoms with Gasteiger partial charge in [0.05, 0.1) is 31.6 Å². The van der Waals surface area contributed by atoms with Crippen molar-refractivity contribution in [2.75, 3.05) is 19.7 Å². The van der Waals surface area contributed by atoms with Crippen molar-refractivity contribution in [1.82, 2.24) is 16.0 Å². The number of hydrogen-bond acceptors (Lipinski definition) is 11. The van der Waals surface area contributed by atoms with Gasteiger partial charge in [-0.2, -0.15) is 0 Å². The van der Waals surface area contributed by atoms with Crippen LogP contribution in [0.1, 0.15) is 19.3 Å². The third kappa shape index (κ3) is 7.60. The number of guanidine groups is 1. The quantitative estimate of drug-likeness (QED) is 0.114. The molecule has 2 heterocycles. The van der Waals surface area contributed by atoms with E-state index in [0.29, 0.717) is 13.0 Å². The molecule has 0 saturated carbocycles. The maximum atomic E-state index is 12.7. The number of carbonyl (C=O) groups is 3. The predicted molar refractivity (Wildman–Crippen MR) is 115 cm³/mol. The van der Waals surface area contributed by atoms with Gasteiger partial charge in [-0.05, 0) is 0 Å². The smallest absolute Gasteiger partial charge is 0.404 e. The molecule has 0 bridgehead atoms. The average molecular weight is 524 g/mol. The Balaban J connectivity index is 2.25. The minimum Gasteiger partial charge on any atom is -0.546 e. The van der Waals surface area contributed by atoms with E-state index in [1.54, 1.807) is 0 Å². The van der Waals surface area contributed by atoms with Crippen LogP contribution in [0.15, 0.2) is 0 Å². The molecule has 0 aliphatic carbocycles. The number of quaternary nitrogens is 3. The molecule has 4 unspecified atom stereocenters. The topological polar surface area (TPSA) is 312 Å². The fraction of sp³-hybridized carbons (Fsp3) is 0.789. The summed E-state index contributed by atoms with van der Waals surface area (Å²) in [5.41, 5.74) is 16.3. The number of carboxylic acids is 1. The van der Waals surface area contributed by atoms with E-state index in [2.05, 4.69) is 38.1 Å². The number of aliphatic hydroxyl groups excluding tert-OH is 3. The van der Waals surface area contributed by atoms with Crippen LogP contribution in [0.3, 0.4) is 0 Å². The number of aliphatic carboxylic acids is 1. The molecule has 1 saturated heterocycles. The van der Waals surface area contributed by atoms with Crippen molar-refractivity contribution < 1.29 is 66.5 Å². The zero-order valence-electron chi connectivity index (χ0n) is 19.9. The molecule has 2 rings (SSSR count). The summed E-state index contributed by atoms with van der Waals surface area (Å²) < 4.78 is 10.7. The van der Waals surface area contributed by atoms with Crippen LogP contribution in [0.4, 0.5) is 4.79 Å². The van der Waals surface area contributed by atoms with Gasteiger partial charge in [-0.15, -0.1) is 0 Å². The van der Waals surface area contributed by atoms with Gasteiger partial charge >= 0.3 is 12.1 Å². The summed E-state index contributed by atoms with van der Waals surface area (Å²) in [6, 6.07) is -3.79. The van der Waals surface area contributed by atoms with Gasteiger partial charge in [-0.3, -0.25) is 15.1 Å². The molecule has 1 fully saturated rings. The van der Waals surface area contributed by atoms with Crippen LogP contribution in [-0.4, -0.2) is 114 Å². The molecule has 0 spiro atoms. The van der Waals surface area contributed by atoms with Crippen molar-refractivity contribution in [2.45, 2.75) is 74.1 Å². The van der Waals surface area contributed by atoms with Crippen LogP contribution in [0.2, 0.25) is 0 Å². The lowest BCUT2D eigenvalue weighted by atomic mass is 9.95. The minimum absolute atomic E-state index is 0.00501. The van der Waals surface area contributed by atoms with Gasteiger partial charge in [-0.25, -0.2) is 10.1 Å². The number of amides is 2. The fourth-order valence-corrected chi connectivity index (χ4v) is 4.17. The number of hydrogen-bond donors (Lipinski definition) is 11. The lowest BCUT2D eigenvalue weighted by molar-refractivity contribution is -0.505. The Labute approximate surface area is 206 Å². The van der Waals surface area contributed by atoms with Gasteiger partial charge in [0, 0.05) is 12.8 Å². The number of nitrogens with one attached hydrogen (secondary N) is 4. The lowest BCUT2D eigenvalue weighted by Gasteiger charge is -2.42. The summed E-state index contributed by atoms with van der Waals surface area (Å²) in [4.78, 5) is 38.2. The molecule has 2 amide bonds. The number of primary amides is 1. The van der Waals surface area contributed by atoms with E-state index in [-0.39, 0.29) is 25.0 Å². The molecule has 0 radical (unpaired) electrons. The highest BCUT2D eigenvalue weighted by Gasteiger charge is 2.50. The maximum Gasteiger partial charge on any atom is 0.404 e. The van der Waals surface area contributed by atoms with Crippen LogP contribution in [0.25, 0.3) is 0 Å². The molecular formula is C19H39N8O9+3. The van der Waals surface area contributed by atoms with E-state index in [9.17, 15) is 34.8 Å². The molecule has 17 heteroatoms. The van der Waals surface area contributed by atoms with Crippen molar-refractivity contribution in [3.63, 3.8) is 0 Å². The molecule has 0 aromatic carbocycles. The Kier molecular flexibility index (Phi) is 11.0. The van der Waals surface area contributed by atoms with Gasteiger partial charge < -0.3 is 62.9 Å². The lowest BCUT2D eigenvalue weighted by Crippen LogP contribution is -2.85. The Bertz CT molecular complexity index is 803. The summed E-state index contributed by atoms with van der Waals surface area (Å²) in [6.45, 7) is 0.0199. The minimum atomic E-state index is -1.58. The number of ether oxygens (including phenoxy) is 2. The standard InChI is InChI=1S/C19H36N8O9/c20-3-1-2-7(22)4-10(30)24-13-14(31)15(36-18(23)34)9(6-28)35-16(13)27-19-25-11(8(29)5-21)12(26-19)17(32)33/h7-9,11-16,28-29,31H,1-6,20-22H2,(H2,23,34)(H,24,30)(H,32,33)(H2,25,26,27)/p+3/t7?,8?,9-,11?,12?,13-,14+,15+,16-/m1/s1. The highest BCUT2D eigenvalue weighted by Crippen LogP contribution is 2.23.